The van der Waals surface area contributed by atoms with Crippen molar-refractivity contribution in [2.45, 2.75) is 29.1 Å². The van der Waals surface area contributed by atoms with Crippen molar-refractivity contribution in [2.24, 2.45) is 0 Å². The van der Waals surface area contributed by atoms with Crippen LogP contribution in [0.2, 0.25) is 0 Å². The molecule has 0 radical (unpaired) electrons. The molecule has 0 aliphatic rings. The molecule has 0 saturated carbocycles. The monoisotopic (exact) mass is 555 g/mol. The quantitative estimate of drug-likeness (QED) is 0.284. The number of carbonyl (C=O) groups is 1. The lowest BCUT2D eigenvalue weighted by molar-refractivity contribution is -0.115. The number of hydrogen-bond donors (Lipinski definition) is 1. The van der Waals surface area contributed by atoms with E-state index in [0.29, 0.717) is 16.9 Å². The second kappa shape index (κ2) is 10.2. The van der Waals surface area contributed by atoms with Crippen LogP contribution in [0.15, 0.2) is 99.6 Å². The predicted molar refractivity (Wildman–Crippen MR) is 140 cm³/mol. The van der Waals surface area contributed by atoms with E-state index in [-0.39, 0.29) is 16.0 Å². The van der Waals surface area contributed by atoms with Gasteiger partial charge in [0, 0.05) is 15.7 Å². The van der Waals surface area contributed by atoms with Gasteiger partial charge < -0.3 is 5.32 Å². The van der Waals surface area contributed by atoms with Gasteiger partial charge in [-0.2, -0.15) is 0 Å². The first-order chi connectivity index (χ1) is 16.3. The second-order valence-corrected chi connectivity index (χ2v) is 11.6. The smallest absolute Gasteiger partial charge is 0.270 e. The Kier molecular flexibility index (Phi) is 7.25. The standard InChI is InChI=1S/C25H22BrN3O3S2/c1-17-8-12-21(13-9-17)28-24(30)18(2)33-25-27-16-23(19-6-4-3-5-7-19)29(25)34(31,32)22-14-10-20(26)11-15-22/h3-16,18H,1-2H3,(H,28,30). The van der Waals surface area contributed by atoms with E-state index in [1.807, 2.05) is 61.5 Å². The Balaban J connectivity index is 1.70. The molecule has 0 spiro atoms. The third-order valence-corrected chi connectivity index (χ3v) is 8.51. The lowest BCUT2D eigenvalue weighted by Crippen LogP contribution is -2.24. The Hall–Kier alpha value is -2.88. The van der Waals surface area contributed by atoms with Crippen LogP contribution in [-0.4, -0.2) is 28.5 Å². The molecule has 1 heterocycles. The van der Waals surface area contributed by atoms with Gasteiger partial charge in [-0.1, -0.05) is 75.7 Å². The molecule has 1 N–H and O–H groups in total. The lowest BCUT2D eigenvalue weighted by Gasteiger charge is -2.15. The first kappa shape index (κ1) is 24.3. The van der Waals surface area contributed by atoms with Crippen molar-refractivity contribution in [2.75, 3.05) is 5.32 Å². The zero-order valence-corrected chi connectivity index (χ0v) is 21.7. The average Bonchev–Trinajstić information content (AvgIpc) is 3.26. The van der Waals surface area contributed by atoms with Crippen LogP contribution in [0.4, 0.5) is 5.69 Å². The molecule has 1 unspecified atom stereocenters. The molecule has 0 saturated heterocycles. The molecule has 4 rings (SSSR count). The second-order valence-electron chi connectivity index (χ2n) is 7.63. The number of nitrogens with one attached hydrogen (secondary N) is 1. The molecule has 174 valence electrons. The summed E-state index contributed by atoms with van der Waals surface area (Å²) in [5.41, 5.74) is 2.91. The molecular weight excluding hydrogens is 534 g/mol. The van der Waals surface area contributed by atoms with Gasteiger partial charge in [-0.05, 0) is 50.2 Å². The number of anilines is 1. The molecule has 0 aliphatic carbocycles. The van der Waals surface area contributed by atoms with Crippen molar-refractivity contribution in [3.8, 4) is 11.3 Å². The maximum Gasteiger partial charge on any atom is 0.270 e. The van der Waals surface area contributed by atoms with Gasteiger partial charge in [0.05, 0.1) is 22.0 Å². The summed E-state index contributed by atoms with van der Waals surface area (Å²) in [6.07, 6.45) is 1.53. The Labute approximate surface area is 211 Å². The highest BCUT2D eigenvalue weighted by atomic mass is 79.9. The van der Waals surface area contributed by atoms with Crippen LogP contribution in [0.3, 0.4) is 0 Å². The fraction of sp³-hybridized carbons (Fsp3) is 0.120. The molecule has 1 aromatic heterocycles. The zero-order chi connectivity index (χ0) is 24.3. The van der Waals surface area contributed by atoms with Crippen molar-refractivity contribution in [3.63, 3.8) is 0 Å². The molecule has 4 aromatic rings. The van der Waals surface area contributed by atoms with Crippen molar-refractivity contribution in [1.29, 1.82) is 0 Å². The fourth-order valence-corrected chi connectivity index (χ4v) is 6.07. The predicted octanol–water partition coefficient (Wildman–Crippen LogP) is 5.98. The SMILES string of the molecule is Cc1ccc(NC(=O)C(C)Sc2ncc(-c3ccccc3)n2S(=O)(=O)c2ccc(Br)cc2)cc1. The first-order valence-electron chi connectivity index (χ1n) is 10.4. The Morgan fingerprint density at radius 3 is 2.29 bits per heavy atom. The molecule has 1 amide bonds. The summed E-state index contributed by atoms with van der Waals surface area (Å²) in [5, 5.41) is 2.50. The number of carbonyl (C=O) groups excluding carboxylic acids is 1. The largest absolute Gasteiger partial charge is 0.325 e. The highest BCUT2D eigenvalue weighted by Gasteiger charge is 2.28. The number of imidazole rings is 1. The molecule has 0 aliphatic heterocycles. The van der Waals surface area contributed by atoms with Gasteiger partial charge in [0.2, 0.25) is 5.91 Å². The van der Waals surface area contributed by atoms with Crippen LogP contribution in [0.5, 0.6) is 0 Å². The highest BCUT2D eigenvalue weighted by Crippen LogP contribution is 2.33. The number of aryl methyl sites for hydroxylation is 1. The summed E-state index contributed by atoms with van der Waals surface area (Å²) in [6.45, 7) is 3.70. The Morgan fingerprint density at radius 2 is 1.65 bits per heavy atom. The number of hydrogen-bond acceptors (Lipinski definition) is 5. The maximum atomic E-state index is 13.7. The third-order valence-electron chi connectivity index (χ3n) is 5.08. The number of thioether (sulfide) groups is 1. The normalized spacial score (nSPS) is 12.3. The maximum absolute atomic E-state index is 13.7. The third kappa shape index (κ3) is 5.27. The minimum atomic E-state index is -3.98. The molecule has 0 bridgehead atoms. The molecule has 3 aromatic carbocycles. The van der Waals surface area contributed by atoms with Crippen molar-refractivity contribution in [3.05, 3.63) is 95.1 Å². The average molecular weight is 557 g/mol. The van der Waals surface area contributed by atoms with Crippen LogP contribution in [0.25, 0.3) is 11.3 Å². The van der Waals surface area contributed by atoms with Crippen LogP contribution in [0, 0.1) is 6.92 Å². The van der Waals surface area contributed by atoms with E-state index < -0.39 is 15.3 Å². The van der Waals surface area contributed by atoms with Crippen LogP contribution >= 0.6 is 27.7 Å². The Morgan fingerprint density at radius 1 is 1.00 bits per heavy atom. The van der Waals surface area contributed by atoms with Gasteiger partial charge in [0.1, 0.15) is 0 Å². The van der Waals surface area contributed by atoms with Gasteiger partial charge >= 0.3 is 0 Å². The number of amides is 1. The first-order valence-corrected chi connectivity index (χ1v) is 13.6. The Bertz CT molecular complexity index is 1400. The van der Waals surface area contributed by atoms with Crippen LogP contribution < -0.4 is 5.32 Å². The van der Waals surface area contributed by atoms with Crippen molar-refractivity contribution >= 4 is 49.3 Å². The molecule has 0 fully saturated rings. The number of halogens is 1. The van der Waals surface area contributed by atoms with E-state index in [1.165, 1.54) is 22.3 Å². The molecule has 9 heteroatoms. The molecule has 34 heavy (non-hydrogen) atoms. The van der Waals surface area contributed by atoms with Crippen LogP contribution in [-0.2, 0) is 14.8 Å². The minimum Gasteiger partial charge on any atom is -0.325 e. The van der Waals surface area contributed by atoms with Gasteiger partial charge in [0.15, 0.2) is 5.16 Å². The van der Waals surface area contributed by atoms with Crippen molar-refractivity contribution in [1.82, 2.24) is 8.96 Å². The van der Waals surface area contributed by atoms with E-state index in [9.17, 15) is 13.2 Å². The molecule has 1 atom stereocenters. The number of benzene rings is 3. The van der Waals surface area contributed by atoms with E-state index in [0.717, 1.165) is 21.8 Å². The zero-order valence-electron chi connectivity index (χ0n) is 18.5. The number of aromatic nitrogens is 2. The van der Waals surface area contributed by atoms with Gasteiger partial charge in [-0.15, -0.1) is 0 Å². The summed E-state index contributed by atoms with van der Waals surface area (Å²) in [4.78, 5) is 17.4. The van der Waals surface area contributed by atoms with Gasteiger partial charge in [-0.3, -0.25) is 4.79 Å². The van der Waals surface area contributed by atoms with Gasteiger partial charge in [-0.25, -0.2) is 17.4 Å². The number of nitrogens with zero attached hydrogens (tertiary/aromatic N) is 2. The van der Waals surface area contributed by atoms with E-state index in [1.54, 1.807) is 19.1 Å². The fourth-order valence-electron chi connectivity index (χ4n) is 3.24. The van der Waals surface area contributed by atoms with E-state index in [2.05, 4.69) is 26.2 Å². The molecule has 6 nitrogen and oxygen atoms in total. The molecular formula is C25H22BrN3O3S2. The summed E-state index contributed by atoms with van der Waals surface area (Å²) >= 11 is 4.44. The van der Waals surface area contributed by atoms with Gasteiger partial charge in [0.25, 0.3) is 10.0 Å². The van der Waals surface area contributed by atoms with E-state index >= 15 is 0 Å². The van der Waals surface area contributed by atoms with Crippen molar-refractivity contribution < 1.29 is 13.2 Å². The number of rotatable bonds is 7. The topological polar surface area (TPSA) is 81.1 Å². The summed E-state index contributed by atoms with van der Waals surface area (Å²) < 4.78 is 29.4. The highest BCUT2D eigenvalue weighted by molar-refractivity contribution is 9.10. The summed E-state index contributed by atoms with van der Waals surface area (Å²) in [7, 11) is -3.98. The van der Waals surface area contributed by atoms with Crippen LogP contribution in [0.1, 0.15) is 12.5 Å². The summed E-state index contributed by atoms with van der Waals surface area (Å²) in [6, 6.07) is 23.1. The van der Waals surface area contributed by atoms with E-state index in [4.69, 9.17) is 0 Å². The summed E-state index contributed by atoms with van der Waals surface area (Å²) in [5.74, 6) is -0.245. The minimum absolute atomic E-state index is 0.129. The lowest BCUT2D eigenvalue weighted by atomic mass is 10.2.